The van der Waals surface area contributed by atoms with E-state index in [4.69, 9.17) is 0 Å². The van der Waals surface area contributed by atoms with E-state index in [1.54, 1.807) is 0 Å². The van der Waals surface area contributed by atoms with Gasteiger partial charge in [0, 0.05) is 6.04 Å². The Morgan fingerprint density at radius 1 is 0.550 bits per heavy atom. The Kier molecular flexibility index (Phi) is 17.0. The molecular weight excluding hydrogens is 242 g/mol. The number of rotatable bonds is 16. The van der Waals surface area contributed by atoms with Crippen LogP contribution in [-0.2, 0) is 0 Å². The molecule has 0 radical (unpaired) electrons. The molecule has 122 valence electrons. The van der Waals surface area contributed by atoms with E-state index in [-0.39, 0.29) is 0 Å². The molecule has 0 amide bonds. The Morgan fingerprint density at radius 3 is 1.25 bits per heavy atom. The van der Waals surface area contributed by atoms with Gasteiger partial charge in [-0.15, -0.1) is 0 Å². The minimum Gasteiger partial charge on any atom is -0.317 e. The van der Waals surface area contributed by atoms with Gasteiger partial charge < -0.3 is 5.32 Å². The van der Waals surface area contributed by atoms with E-state index in [0.29, 0.717) is 0 Å². The molecule has 1 heteroatoms. The summed E-state index contributed by atoms with van der Waals surface area (Å²) in [6.45, 7) is 4.58. The van der Waals surface area contributed by atoms with Crippen molar-refractivity contribution in [3.63, 3.8) is 0 Å². The summed E-state index contributed by atoms with van der Waals surface area (Å²) in [5, 5.41) is 3.51. The fourth-order valence-electron chi connectivity index (χ4n) is 2.95. The standard InChI is InChI=1S/C19H41N/c1-4-6-8-10-11-12-14-16-18-19(20-3)17-15-13-9-7-5-2/h19-20H,4-18H2,1-3H3. The van der Waals surface area contributed by atoms with Crippen LogP contribution in [0.1, 0.15) is 110 Å². The second-order valence-corrected chi connectivity index (χ2v) is 6.45. The normalized spacial score (nSPS) is 12.8. The molecule has 0 aliphatic carbocycles. The third-order valence-electron chi connectivity index (χ3n) is 4.47. The highest BCUT2D eigenvalue weighted by atomic mass is 14.9. The molecule has 0 rings (SSSR count). The van der Waals surface area contributed by atoms with Crippen LogP contribution < -0.4 is 5.32 Å². The Morgan fingerprint density at radius 2 is 0.900 bits per heavy atom. The van der Waals surface area contributed by atoms with Crippen LogP contribution >= 0.6 is 0 Å². The van der Waals surface area contributed by atoms with Crippen molar-refractivity contribution in [3.8, 4) is 0 Å². The lowest BCUT2D eigenvalue weighted by Gasteiger charge is -2.15. The lowest BCUT2D eigenvalue weighted by Crippen LogP contribution is -2.24. The molecule has 0 aliphatic rings. The first-order chi connectivity index (χ1) is 9.85. The first kappa shape index (κ1) is 20.0. The molecule has 1 N–H and O–H groups in total. The predicted molar refractivity (Wildman–Crippen MR) is 93.5 cm³/mol. The van der Waals surface area contributed by atoms with E-state index in [1.807, 2.05) is 0 Å². The monoisotopic (exact) mass is 283 g/mol. The lowest BCUT2D eigenvalue weighted by atomic mass is 10.0. The van der Waals surface area contributed by atoms with Crippen LogP contribution in [0.15, 0.2) is 0 Å². The van der Waals surface area contributed by atoms with Gasteiger partial charge in [0.05, 0.1) is 0 Å². The van der Waals surface area contributed by atoms with Gasteiger partial charge in [-0.05, 0) is 19.9 Å². The number of nitrogens with one attached hydrogen (secondary N) is 1. The summed E-state index contributed by atoms with van der Waals surface area (Å²) in [7, 11) is 2.14. The molecule has 0 aliphatic heterocycles. The van der Waals surface area contributed by atoms with Crippen LogP contribution in [0.25, 0.3) is 0 Å². The van der Waals surface area contributed by atoms with Gasteiger partial charge in [-0.2, -0.15) is 0 Å². The van der Waals surface area contributed by atoms with Crippen molar-refractivity contribution in [3.05, 3.63) is 0 Å². The van der Waals surface area contributed by atoms with Crippen LogP contribution in [0.2, 0.25) is 0 Å². The lowest BCUT2D eigenvalue weighted by molar-refractivity contribution is 0.436. The molecule has 1 atom stereocenters. The largest absolute Gasteiger partial charge is 0.317 e. The van der Waals surface area contributed by atoms with Gasteiger partial charge >= 0.3 is 0 Å². The quantitative estimate of drug-likeness (QED) is 0.320. The van der Waals surface area contributed by atoms with E-state index in [9.17, 15) is 0 Å². The average molecular weight is 284 g/mol. The summed E-state index contributed by atoms with van der Waals surface area (Å²) in [4.78, 5) is 0. The zero-order valence-corrected chi connectivity index (χ0v) is 14.7. The summed E-state index contributed by atoms with van der Waals surface area (Å²) in [6, 6.07) is 0.775. The molecule has 0 saturated heterocycles. The SMILES string of the molecule is CCCCCCCCCCC(CCCCCCC)NC. The van der Waals surface area contributed by atoms with Gasteiger partial charge in [0.2, 0.25) is 0 Å². The van der Waals surface area contributed by atoms with E-state index < -0.39 is 0 Å². The van der Waals surface area contributed by atoms with E-state index in [2.05, 4.69) is 26.2 Å². The van der Waals surface area contributed by atoms with Gasteiger partial charge in [-0.3, -0.25) is 0 Å². The fraction of sp³-hybridized carbons (Fsp3) is 1.00. The van der Waals surface area contributed by atoms with Crippen molar-refractivity contribution in [1.82, 2.24) is 5.32 Å². The second kappa shape index (κ2) is 17.0. The summed E-state index contributed by atoms with van der Waals surface area (Å²) >= 11 is 0. The Labute approximate surface area is 129 Å². The smallest absolute Gasteiger partial charge is 0.00640 e. The third-order valence-corrected chi connectivity index (χ3v) is 4.47. The van der Waals surface area contributed by atoms with Crippen molar-refractivity contribution in [1.29, 1.82) is 0 Å². The molecule has 0 spiro atoms. The van der Waals surface area contributed by atoms with Crippen molar-refractivity contribution in [2.45, 2.75) is 116 Å². The molecule has 1 unspecified atom stereocenters. The fourth-order valence-corrected chi connectivity index (χ4v) is 2.95. The van der Waals surface area contributed by atoms with Crippen LogP contribution in [0.4, 0.5) is 0 Å². The maximum absolute atomic E-state index is 3.51. The summed E-state index contributed by atoms with van der Waals surface area (Å²) in [5.74, 6) is 0. The predicted octanol–water partition coefficient (Wildman–Crippen LogP) is 6.47. The Hall–Kier alpha value is -0.0400. The molecule has 1 nitrogen and oxygen atoms in total. The van der Waals surface area contributed by atoms with Crippen molar-refractivity contribution >= 4 is 0 Å². The van der Waals surface area contributed by atoms with Crippen molar-refractivity contribution in [2.24, 2.45) is 0 Å². The maximum Gasteiger partial charge on any atom is 0.00640 e. The van der Waals surface area contributed by atoms with Crippen molar-refractivity contribution in [2.75, 3.05) is 7.05 Å². The molecule has 0 bridgehead atoms. The van der Waals surface area contributed by atoms with Gasteiger partial charge in [-0.25, -0.2) is 0 Å². The van der Waals surface area contributed by atoms with Crippen LogP contribution in [-0.4, -0.2) is 13.1 Å². The minimum atomic E-state index is 0.775. The molecule has 0 saturated carbocycles. The first-order valence-corrected chi connectivity index (χ1v) is 9.52. The highest BCUT2D eigenvalue weighted by Gasteiger charge is 2.05. The first-order valence-electron chi connectivity index (χ1n) is 9.52. The summed E-state index contributed by atoms with van der Waals surface area (Å²) in [5.41, 5.74) is 0. The summed E-state index contributed by atoms with van der Waals surface area (Å²) in [6.07, 6.45) is 21.3. The second-order valence-electron chi connectivity index (χ2n) is 6.45. The topological polar surface area (TPSA) is 12.0 Å². The zero-order chi connectivity index (χ0) is 14.9. The molecular formula is C19H41N. The number of unbranched alkanes of at least 4 members (excludes halogenated alkanes) is 11. The Balaban J connectivity index is 3.28. The molecule has 0 aromatic carbocycles. The van der Waals surface area contributed by atoms with E-state index in [1.165, 1.54) is 96.3 Å². The summed E-state index contributed by atoms with van der Waals surface area (Å²) < 4.78 is 0. The average Bonchev–Trinajstić information content (AvgIpc) is 2.47. The Bertz CT molecular complexity index is 167. The van der Waals surface area contributed by atoms with Crippen molar-refractivity contribution < 1.29 is 0 Å². The van der Waals surface area contributed by atoms with Gasteiger partial charge in [0.25, 0.3) is 0 Å². The minimum absolute atomic E-state index is 0.775. The highest BCUT2D eigenvalue weighted by molar-refractivity contribution is 4.64. The van der Waals surface area contributed by atoms with E-state index >= 15 is 0 Å². The third kappa shape index (κ3) is 14.4. The maximum atomic E-state index is 3.51. The van der Waals surface area contributed by atoms with Gasteiger partial charge in [0.15, 0.2) is 0 Å². The molecule has 0 heterocycles. The van der Waals surface area contributed by atoms with E-state index in [0.717, 1.165) is 6.04 Å². The number of hydrogen-bond acceptors (Lipinski definition) is 1. The molecule has 0 aromatic heterocycles. The van der Waals surface area contributed by atoms with Crippen LogP contribution in [0.5, 0.6) is 0 Å². The number of hydrogen-bond donors (Lipinski definition) is 1. The molecule has 0 aromatic rings. The van der Waals surface area contributed by atoms with Crippen LogP contribution in [0, 0.1) is 0 Å². The molecule has 20 heavy (non-hydrogen) atoms. The van der Waals surface area contributed by atoms with Gasteiger partial charge in [-0.1, -0.05) is 97.3 Å². The molecule has 0 fully saturated rings. The van der Waals surface area contributed by atoms with Gasteiger partial charge in [0.1, 0.15) is 0 Å². The highest BCUT2D eigenvalue weighted by Crippen LogP contribution is 2.14. The zero-order valence-electron chi connectivity index (χ0n) is 14.7. The van der Waals surface area contributed by atoms with Crippen LogP contribution in [0.3, 0.4) is 0 Å².